The van der Waals surface area contributed by atoms with Gasteiger partial charge in [-0.05, 0) is 24.3 Å². The third-order valence-corrected chi connectivity index (χ3v) is 3.83. The van der Waals surface area contributed by atoms with E-state index in [1.54, 1.807) is 18.0 Å². The fourth-order valence-corrected chi connectivity index (χ4v) is 2.70. The average Bonchev–Trinajstić information content (AvgIpc) is 2.44. The maximum atomic E-state index is 11.9. The highest BCUT2D eigenvalue weighted by Crippen LogP contribution is 2.20. The number of fused-ring (bicyclic) bond motifs is 1. The quantitative estimate of drug-likeness (QED) is 0.817. The summed E-state index contributed by atoms with van der Waals surface area (Å²) in [4.78, 5) is 16.2. The van der Waals surface area contributed by atoms with Crippen LogP contribution in [0.2, 0.25) is 0 Å². The lowest BCUT2D eigenvalue weighted by Gasteiger charge is -2.07. The Morgan fingerprint density at radius 2 is 2.16 bits per heavy atom. The molecule has 0 saturated heterocycles. The molecule has 0 fully saturated rings. The van der Waals surface area contributed by atoms with Crippen LogP contribution in [0.3, 0.4) is 0 Å². The molecule has 1 aromatic carbocycles. The molecule has 0 aliphatic carbocycles. The number of amides is 1. The summed E-state index contributed by atoms with van der Waals surface area (Å²) in [5.74, 6) is 1.58. The number of rotatable bonds is 6. The van der Waals surface area contributed by atoms with Gasteiger partial charge in [0, 0.05) is 11.6 Å². The fourth-order valence-electron chi connectivity index (χ4n) is 1.80. The molecule has 0 aliphatic rings. The molecular weight excluding hydrogens is 256 g/mol. The number of anilines is 1. The number of hydrogen-bond acceptors (Lipinski definition) is 3. The Labute approximate surface area is 117 Å². The summed E-state index contributed by atoms with van der Waals surface area (Å²) >= 11 is 1.68. The van der Waals surface area contributed by atoms with E-state index in [1.165, 1.54) is 6.42 Å². The van der Waals surface area contributed by atoms with Crippen LogP contribution in [0.4, 0.5) is 5.69 Å². The van der Waals surface area contributed by atoms with Gasteiger partial charge in [-0.3, -0.25) is 9.78 Å². The molecule has 2 aromatic rings. The standard InChI is InChI=1S/C15H18N2OS/c1-2-3-10-19-11-14(18)17-13-8-4-6-12-7-5-9-16-15(12)13/h4-9H,2-3,10-11H2,1H3,(H,17,18). The Morgan fingerprint density at radius 1 is 1.32 bits per heavy atom. The topological polar surface area (TPSA) is 42.0 Å². The first-order chi connectivity index (χ1) is 9.31. The minimum Gasteiger partial charge on any atom is -0.323 e. The normalized spacial score (nSPS) is 10.6. The minimum atomic E-state index is 0.0410. The third kappa shape index (κ3) is 3.96. The van der Waals surface area contributed by atoms with E-state index in [0.717, 1.165) is 28.8 Å². The SMILES string of the molecule is CCCCSCC(=O)Nc1cccc2cccnc12. The van der Waals surface area contributed by atoms with Gasteiger partial charge in [0.1, 0.15) is 0 Å². The van der Waals surface area contributed by atoms with Crippen LogP contribution in [-0.2, 0) is 4.79 Å². The first-order valence-electron chi connectivity index (χ1n) is 6.52. The monoisotopic (exact) mass is 274 g/mol. The molecule has 0 radical (unpaired) electrons. The van der Waals surface area contributed by atoms with Crippen LogP contribution in [-0.4, -0.2) is 22.4 Å². The van der Waals surface area contributed by atoms with Crippen molar-refractivity contribution in [1.82, 2.24) is 4.98 Å². The Balaban J connectivity index is 1.99. The average molecular weight is 274 g/mol. The van der Waals surface area contributed by atoms with E-state index in [-0.39, 0.29) is 5.91 Å². The predicted octanol–water partition coefficient (Wildman–Crippen LogP) is 3.71. The molecule has 1 N–H and O–H groups in total. The Kier molecular flexibility index (Phi) is 5.21. The van der Waals surface area contributed by atoms with Crippen molar-refractivity contribution in [2.45, 2.75) is 19.8 Å². The molecule has 19 heavy (non-hydrogen) atoms. The maximum Gasteiger partial charge on any atom is 0.234 e. The van der Waals surface area contributed by atoms with Crippen LogP contribution in [0, 0.1) is 0 Å². The molecule has 100 valence electrons. The van der Waals surface area contributed by atoms with E-state index in [0.29, 0.717) is 5.75 Å². The van der Waals surface area contributed by atoms with Crippen LogP contribution in [0.25, 0.3) is 10.9 Å². The van der Waals surface area contributed by atoms with E-state index >= 15 is 0 Å². The lowest BCUT2D eigenvalue weighted by molar-refractivity contribution is -0.113. The molecule has 1 amide bonds. The predicted molar refractivity (Wildman–Crippen MR) is 82.6 cm³/mol. The maximum absolute atomic E-state index is 11.9. The molecule has 1 aromatic heterocycles. The number of hydrogen-bond donors (Lipinski definition) is 1. The van der Waals surface area contributed by atoms with Gasteiger partial charge < -0.3 is 5.32 Å². The molecule has 0 bridgehead atoms. The number of benzene rings is 1. The van der Waals surface area contributed by atoms with E-state index in [2.05, 4.69) is 17.2 Å². The molecule has 0 aliphatic heterocycles. The molecule has 4 heteroatoms. The van der Waals surface area contributed by atoms with E-state index < -0.39 is 0 Å². The molecule has 0 saturated carbocycles. The Bertz CT molecular complexity index is 551. The van der Waals surface area contributed by atoms with Crippen molar-refractivity contribution in [2.75, 3.05) is 16.8 Å². The number of para-hydroxylation sites is 1. The largest absolute Gasteiger partial charge is 0.323 e. The van der Waals surface area contributed by atoms with Crippen molar-refractivity contribution in [3.8, 4) is 0 Å². The second kappa shape index (κ2) is 7.14. The van der Waals surface area contributed by atoms with Crippen molar-refractivity contribution in [1.29, 1.82) is 0 Å². The van der Waals surface area contributed by atoms with Crippen LogP contribution < -0.4 is 5.32 Å². The van der Waals surface area contributed by atoms with Gasteiger partial charge in [-0.25, -0.2) is 0 Å². The number of nitrogens with zero attached hydrogens (tertiary/aromatic N) is 1. The number of aromatic nitrogens is 1. The first-order valence-corrected chi connectivity index (χ1v) is 7.68. The van der Waals surface area contributed by atoms with Gasteiger partial charge in [-0.2, -0.15) is 11.8 Å². The lowest BCUT2D eigenvalue weighted by atomic mass is 10.2. The summed E-state index contributed by atoms with van der Waals surface area (Å²) in [6, 6.07) is 9.71. The number of carbonyl (C=O) groups is 1. The highest BCUT2D eigenvalue weighted by Gasteiger charge is 2.06. The summed E-state index contributed by atoms with van der Waals surface area (Å²) in [6.07, 6.45) is 4.07. The summed E-state index contributed by atoms with van der Waals surface area (Å²) in [6.45, 7) is 2.16. The zero-order valence-corrected chi connectivity index (χ0v) is 11.9. The first kappa shape index (κ1) is 13.9. The van der Waals surface area contributed by atoms with E-state index in [4.69, 9.17) is 0 Å². The number of pyridine rings is 1. The highest BCUT2D eigenvalue weighted by atomic mass is 32.2. The van der Waals surface area contributed by atoms with Gasteiger partial charge in [0.15, 0.2) is 0 Å². The van der Waals surface area contributed by atoms with Gasteiger partial charge in [0.05, 0.1) is 17.0 Å². The van der Waals surface area contributed by atoms with Gasteiger partial charge >= 0.3 is 0 Å². The van der Waals surface area contributed by atoms with Gasteiger partial charge in [0.2, 0.25) is 5.91 Å². The van der Waals surface area contributed by atoms with Gasteiger partial charge in [-0.15, -0.1) is 0 Å². The van der Waals surface area contributed by atoms with Crippen LogP contribution in [0.15, 0.2) is 36.5 Å². The van der Waals surface area contributed by atoms with Crippen molar-refractivity contribution >= 4 is 34.3 Å². The van der Waals surface area contributed by atoms with Crippen molar-refractivity contribution < 1.29 is 4.79 Å². The number of carbonyl (C=O) groups excluding carboxylic acids is 1. The number of unbranched alkanes of at least 4 members (excludes halogenated alkanes) is 1. The molecule has 1 heterocycles. The molecule has 2 rings (SSSR count). The minimum absolute atomic E-state index is 0.0410. The van der Waals surface area contributed by atoms with Gasteiger partial charge in [0.25, 0.3) is 0 Å². The van der Waals surface area contributed by atoms with E-state index in [9.17, 15) is 4.79 Å². The van der Waals surface area contributed by atoms with Crippen LogP contribution >= 0.6 is 11.8 Å². The van der Waals surface area contributed by atoms with Gasteiger partial charge in [-0.1, -0.05) is 31.5 Å². The summed E-state index contributed by atoms with van der Waals surface area (Å²) in [5.41, 5.74) is 1.64. The van der Waals surface area contributed by atoms with Crippen molar-refractivity contribution in [3.63, 3.8) is 0 Å². The number of thioether (sulfide) groups is 1. The van der Waals surface area contributed by atoms with Crippen LogP contribution in [0.5, 0.6) is 0 Å². The van der Waals surface area contributed by atoms with Crippen molar-refractivity contribution in [3.05, 3.63) is 36.5 Å². The Hall–Kier alpha value is -1.55. The summed E-state index contributed by atoms with van der Waals surface area (Å²) in [5, 5.41) is 3.98. The molecular formula is C15H18N2OS. The van der Waals surface area contributed by atoms with Crippen molar-refractivity contribution in [2.24, 2.45) is 0 Å². The summed E-state index contributed by atoms with van der Waals surface area (Å²) < 4.78 is 0. The molecule has 3 nitrogen and oxygen atoms in total. The van der Waals surface area contributed by atoms with Crippen LogP contribution in [0.1, 0.15) is 19.8 Å². The lowest BCUT2D eigenvalue weighted by Crippen LogP contribution is -2.14. The molecule has 0 unspecified atom stereocenters. The molecule has 0 atom stereocenters. The second-order valence-corrected chi connectivity index (χ2v) is 5.44. The zero-order chi connectivity index (χ0) is 13.5. The smallest absolute Gasteiger partial charge is 0.234 e. The summed E-state index contributed by atoms with van der Waals surface area (Å²) in [7, 11) is 0. The third-order valence-electron chi connectivity index (χ3n) is 2.78. The zero-order valence-electron chi connectivity index (χ0n) is 11.1. The Morgan fingerprint density at radius 3 is 3.00 bits per heavy atom. The fraction of sp³-hybridized carbons (Fsp3) is 0.333. The number of nitrogens with one attached hydrogen (secondary N) is 1. The highest BCUT2D eigenvalue weighted by molar-refractivity contribution is 7.99. The van der Waals surface area contributed by atoms with E-state index in [1.807, 2.05) is 30.3 Å². The second-order valence-electron chi connectivity index (χ2n) is 4.34. The molecule has 0 spiro atoms.